The van der Waals surface area contributed by atoms with E-state index in [-0.39, 0.29) is 5.91 Å². The van der Waals surface area contributed by atoms with E-state index in [1.807, 2.05) is 68.4 Å². The van der Waals surface area contributed by atoms with E-state index >= 15 is 0 Å². The number of nitrogens with zero attached hydrogens (tertiary/aromatic N) is 1. The predicted octanol–water partition coefficient (Wildman–Crippen LogP) is 4.27. The molecule has 0 saturated carbocycles. The van der Waals surface area contributed by atoms with Gasteiger partial charge in [-0.2, -0.15) is 0 Å². The summed E-state index contributed by atoms with van der Waals surface area (Å²) in [5.41, 5.74) is 2.99. The van der Waals surface area contributed by atoms with Crippen LogP contribution >= 0.6 is 11.3 Å². The highest BCUT2D eigenvalue weighted by atomic mass is 32.1. The van der Waals surface area contributed by atoms with E-state index in [2.05, 4.69) is 10.3 Å². The third-order valence-corrected chi connectivity index (χ3v) is 4.86. The second-order valence-electron chi connectivity index (χ2n) is 5.79. The van der Waals surface area contributed by atoms with Crippen molar-refractivity contribution in [2.24, 2.45) is 0 Å². The van der Waals surface area contributed by atoms with Gasteiger partial charge in [0.25, 0.3) is 5.91 Å². The summed E-state index contributed by atoms with van der Waals surface area (Å²) in [6.07, 6.45) is 0. The van der Waals surface area contributed by atoms with E-state index in [0.717, 1.165) is 22.0 Å². The maximum Gasteiger partial charge on any atom is 0.263 e. The second-order valence-corrected chi connectivity index (χ2v) is 6.88. The predicted molar refractivity (Wildman–Crippen MR) is 100.0 cm³/mol. The van der Waals surface area contributed by atoms with Gasteiger partial charge in [-0.05, 0) is 31.5 Å². The van der Waals surface area contributed by atoms with E-state index in [1.165, 1.54) is 16.9 Å². The first-order valence-corrected chi connectivity index (χ1v) is 8.91. The molecule has 0 radical (unpaired) electrons. The summed E-state index contributed by atoms with van der Waals surface area (Å²) in [7, 11) is 0. The summed E-state index contributed by atoms with van der Waals surface area (Å²) < 4.78 is 5.74. The van der Waals surface area contributed by atoms with Crippen LogP contribution in [0, 0.1) is 13.8 Å². The van der Waals surface area contributed by atoms with Gasteiger partial charge in [0.15, 0.2) is 0 Å². The highest BCUT2D eigenvalue weighted by Crippen LogP contribution is 2.20. The smallest absolute Gasteiger partial charge is 0.263 e. The lowest BCUT2D eigenvalue weighted by Gasteiger charge is -2.04. The normalized spacial score (nSPS) is 10.5. The number of nitrogens with one attached hydrogen (secondary N) is 1. The Morgan fingerprint density at radius 2 is 1.80 bits per heavy atom. The average molecular weight is 352 g/mol. The lowest BCUT2D eigenvalue weighted by atomic mass is 10.2. The Morgan fingerprint density at radius 1 is 1.08 bits per heavy atom. The van der Waals surface area contributed by atoms with Crippen molar-refractivity contribution < 1.29 is 9.53 Å². The zero-order valence-electron chi connectivity index (χ0n) is 14.3. The van der Waals surface area contributed by atoms with Crippen molar-refractivity contribution in [3.05, 3.63) is 81.3 Å². The quantitative estimate of drug-likeness (QED) is 0.721. The molecule has 25 heavy (non-hydrogen) atoms. The van der Waals surface area contributed by atoms with Crippen LogP contribution < -0.4 is 10.1 Å². The highest BCUT2D eigenvalue weighted by Gasteiger charge is 2.15. The summed E-state index contributed by atoms with van der Waals surface area (Å²) in [6.45, 7) is 4.75. The van der Waals surface area contributed by atoms with Crippen LogP contribution in [0.1, 0.15) is 31.5 Å². The number of amides is 1. The number of aromatic nitrogens is 1. The summed E-state index contributed by atoms with van der Waals surface area (Å²) in [5.74, 6) is 0.703. The zero-order chi connectivity index (χ0) is 17.6. The molecule has 0 aliphatic heterocycles. The van der Waals surface area contributed by atoms with Crippen molar-refractivity contribution in [2.75, 3.05) is 0 Å². The average Bonchev–Trinajstić information content (AvgIpc) is 3.01. The third kappa shape index (κ3) is 4.67. The lowest BCUT2D eigenvalue weighted by Crippen LogP contribution is -2.22. The van der Waals surface area contributed by atoms with Gasteiger partial charge in [-0.1, -0.05) is 48.0 Å². The number of hydrogen-bond donors (Lipinski definition) is 1. The molecule has 3 aromatic rings. The van der Waals surface area contributed by atoms with Crippen molar-refractivity contribution >= 4 is 17.2 Å². The Morgan fingerprint density at radius 3 is 2.52 bits per heavy atom. The number of rotatable bonds is 6. The third-order valence-electron chi connectivity index (χ3n) is 3.73. The van der Waals surface area contributed by atoms with Crippen LogP contribution in [0.2, 0.25) is 0 Å². The van der Waals surface area contributed by atoms with Crippen LogP contribution in [0.4, 0.5) is 0 Å². The first-order chi connectivity index (χ1) is 12.1. The Bertz CT molecular complexity index is 842. The number of carbonyl (C=O) groups excluding carboxylic acids is 1. The second kappa shape index (κ2) is 7.94. The molecule has 5 heteroatoms. The van der Waals surface area contributed by atoms with E-state index in [0.29, 0.717) is 18.0 Å². The molecule has 128 valence electrons. The van der Waals surface area contributed by atoms with Gasteiger partial charge in [-0.25, -0.2) is 4.98 Å². The van der Waals surface area contributed by atoms with Crippen LogP contribution in [-0.2, 0) is 13.2 Å². The largest absolute Gasteiger partial charge is 0.486 e. The fraction of sp³-hybridized carbons (Fsp3) is 0.200. The number of thiazole rings is 1. The summed E-state index contributed by atoms with van der Waals surface area (Å²) in [4.78, 5) is 17.5. The number of carbonyl (C=O) groups is 1. The Kier molecular flexibility index (Phi) is 5.46. The molecule has 3 rings (SSSR count). The Hall–Kier alpha value is -2.66. The number of benzene rings is 2. The fourth-order valence-corrected chi connectivity index (χ4v) is 3.26. The maximum atomic E-state index is 12.4. The molecule has 1 heterocycles. The van der Waals surface area contributed by atoms with Crippen molar-refractivity contribution in [3.8, 4) is 5.75 Å². The number of ether oxygens (including phenoxy) is 1. The molecule has 4 nitrogen and oxygen atoms in total. The van der Waals surface area contributed by atoms with Crippen LogP contribution in [0.5, 0.6) is 5.75 Å². The van der Waals surface area contributed by atoms with Gasteiger partial charge in [0.1, 0.15) is 22.2 Å². The van der Waals surface area contributed by atoms with Crippen LogP contribution in [0.25, 0.3) is 0 Å². The first kappa shape index (κ1) is 17.2. The molecule has 0 unspecified atom stereocenters. The molecule has 0 saturated heterocycles. The van der Waals surface area contributed by atoms with Crippen LogP contribution in [0.3, 0.4) is 0 Å². The van der Waals surface area contributed by atoms with Gasteiger partial charge in [-0.3, -0.25) is 4.79 Å². The van der Waals surface area contributed by atoms with E-state index in [1.54, 1.807) is 0 Å². The van der Waals surface area contributed by atoms with E-state index in [4.69, 9.17) is 4.74 Å². The van der Waals surface area contributed by atoms with Crippen LogP contribution in [-0.4, -0.2) is 10.9 Å². The topological polar surface area (TPSA) is 51.2 Å². The van der Waals surface area contributed by atoms with Gasteiger partial charge in [0.2, 0.25) is 0 Å². The van der Waals surface area contributed by atoms with E-state index < -0.39 is 0 Å². The minimum atomic E-state index is -0.0968. The molecule has 0 aliphatic carbocycles. The standard InChI is InChI=1S/C20H20N2O2S/c1-14-8-10-17(11-9-14)24-13-18-22-15(2)19(25-18)20(23)21-12-16-6-4-3-5-7-16/h3-11H,12-13H2,1-2H3,(H,21,23). The van der Waals surface area contributed by atoms with Gasteiger partial charge in [0, 0.05) is 6.54 Å². The Labute approximate surface area is 151 Å². The first-order valence-electron chi connectivity index (χ1n) is 8.10. The molecule has 0 aliphatic rings. The fourth-order valence-electron chi connectivity index (χ4n) is 2.36. The summed E-state index contributed by atoms with van der Waals surface area (Å²) in [5, 5.41) is 3.73. The van der Waals surface area contributed by atoms with Gasteiger partial charge in [-0.15, -0.1) is 11.3 Å². The molecule has 1 aromatic heterocycles. The maximum absolute atomic E-state index is 12.4. The van der Waals surface area contributed by atoms with Crippen molar-refractivity contribution in [2.45, 2.75) is 27.0 Å². The number of hydrogen-bond acceptors (Lipinski definition) is 4. The monoisotopic (exact) mass is 352 g/mol. The lowest BCUT2D eigenvalue weighted by molar-refractivity contribution is 0.0954. The molecular formula is C20H20N2O2S. The van der Waals surface area contributed by atoms with Crippen molar-refractivity contribution in [3.63, 3.8) is 0 Å². The molecule has 0 atom stereocenters. The molecule has 0 bridgehead atoms. The molecule has 0 spiro atoms. The molecule has 0 fully saturated rings. The summed E-state index contributed by atoms with van der Waals surface area (Å²) in [6, 6.07) is 17.7. The SMILES string of the molecule is Cc1ccc(OCc2nc(C)c(C(=O)NCc3ccccc3)s2)cc1. The molecule has 2 aromatic carbocycles. The van der Waals surface area contributed by atoms with E-state index in [9.17, 15) is 4.79 Å². The molecule has 1 amide bonds. The summed E-state index contributed by atoms with van der Waals surface area (Å²) >= 11 is 1.38. The van der Waals surface area contributed by atoms with Crippen molar-refractivity contribution in [1.29, 1.82) is 0 Å². The van der Waals surface area contributed by atoms with Crippen molar-refractivity contribution in [1.82, 2.24) is 10.3 Å². The highest BCUT2D eigenvalue weighted by molar-refractivity contribution is 7.13. The Balaban J connectivity index is 1.59. The van der Waals surface area contributed by atoms with Gasteiger partial charge in [0.05, 0.1) is 5.69 Å². The van der Waals surface area contributed by atoms with Gasteiger partial charge < -0.3 is 10.1 Å². The van der Waals surface area contributed by atoms with Crippen LogP contribution in [0.15, 0.2) is 54.6 Å². The minimum Gasteiger partial charge on any atom is -0.486 e. The molecular weight excluding hydrogens is 332 g/mol. The zero-order valence-corrected chi connectivity index (χ0v) is 15.1. The molecule has 1 N–H and O–H groups in total. The minimum absolute atomic E-state index is 0.0968. The van der Waals surface area contributed by atoms with Gasteiger partial charge >= 0.3 is 0 Å². The number of aryl methyl sites for hydroxylation is 2.